The smallest absolute Gasteiger partial charge is 0.407 e. The van der Waals surface area contributed by atoms with E-state index in [2.05, 4.69) is 19.2 Å². The average Bonchev–Trinajstić information content (AvgIpc) is 3.35. The number of fused-ring (bicyclic) bond motifs is 5. The second-order valence-corrected chi connectivity index (χ2v) is 14.4. The third-order valence-corrected chi connectivity index (χ3v) is 11.5. The lowest BCUT2D eigenvalue weighted by Crippen LogP contribution is -2.44. The van der Waals surface area contributed by atoms with E-state index >= 15 is 4.39 Å². The molecule has 1 amide bonds. The SMILES string of the molecule is CC[C@@]1(O)C(=O)OCc2c1cc1n(c2=O)Cc2c-1nc1cc(F)c(C)c3c1c2[C@@H](NC(=O)OC[C@H](SSC)C(C)C)CC3. The summed E-state index contributed by atoms with van der Waals surface area (Å²) in [6, 6.07) is 2.58. The highest BCUT2D eigenvalue weighted by atomic mass is 33.1. The van der Waals surface area contributed by atoms with E-state index in [4.69, 9.17) is 14.5 Å². The van der Waals surface area contributed by atoms with Crippen LogP contribution in [0.5, 0.6) is 0 Å². The van der Waals surface area contributed by atoms with Gasteiger partial charge in [-0.3, -0.25) is 4.79 Å². The fourth-order valence-electron chi connectivity index (χ4n) is 6.50. The molecule has 2 aromatic heterocycles. The Kier molecular flexibility index (Phi) is 7.75. The van der Waals surface area contributed by atoms with Crippen LogP contribution >= 0.6 is 21.6 Å². The Bertz CT molecular complexity index is 1740. The van der Waals surface area contributed by atoms with Gasteiger partial charge in [-0.15, -0.1) is 0 Å². The number of rotatable bonds is 7. The molecule has 228 valence electrons. The monoisotopic (exact) mass is 627 g/mol. The number of halogens is 1. The molecular formula is C31H34FN3O6S2. The van der Waals surface area contributed by atoms with E-state index in [-0.39, 0.29) is 53.9 Å². The summed E-state index contributed by atoms with van der Waals surface area (Å²) in [4.78, 5) is 44.3. The van der Waals surface area contributed by atoms with Gasteiger partial charge in [0.15, 0.2) is 5.60 Å². The van der Waals surface area contributed by atoms with Crippen molar-refractivity contribution in [2.24, 2.45) is 5.92 Å². The molecule has 3 aliphatic rings. The van der Waals surface area contributed by atoms with Gasteiger partial charge in [-0.1, -0.05) is 42.4 Å². The molecule has 6 rings (SSSR count). The number of pyridine rings is 2. The highest BCUT2D eigenvalue weighted by Gasteiger charge is 2.46. The van der Waals surface area contributed by atoms with Crippen LogP contribution in [0.3, 0.4) is 0 Å². The third-order valence-electron chi connectivity index (χ3n) is 9.01. The van der Waals surface area contributed by atoms with Gasteiger partial charge in [0.05, 0.1) is 40.3 Å². The molecule has 1 aliphatic carbocycles. The van der Waals surface area contributed by atoms with Gasteiger partial charge in [-0.25, -0.2) is 19.0 Å². The minimum atomic E-state index is -1.96. The molecule has 2 aliphatic heterocycles. The number of nitrogens with one attached hydrogen (secondary N) is 1. The van der Waals surface area contributed by atoms with E-state index in [1.807, 2.05) is 6.26 Å². The molecule has 43 heavy (non-hydrogen) atoms. The number of cyclic esters (lactones) is 1. The van der Waals surface area contributed by atoms with Crippen LogP contribution in [0.1, 0.15) is 73.0 Å². The number of aliphatic hydroxyl groups is 1. The Labute approximate surface area is 256 Å². The van der Waals surface area contributed by atoms with Crippen LogP contribution in [0.25, 0.3) is 22.3 Å². The van der Waals surface area contributed by atoms with E-state index in [1.54, 1.807) is 46.1 Å². The summed E-state index contributed by atoms with van der Waals surface area (Å²) >= 11 is 0. The summed E-state index contributed by atoms with van der Waals surface area (Å²) in [6.45, 7) is 7.78. The second-order valence-electron chi connectivity index (χ2n) is 11.7. The summed E-state index contributed by atoms with van der Waals surface area (Å²) < 4.78 is 27.5. The topological polar surface area (TPSA) is 120 Å². The summed E-state index contributed by atoms with van der Waals surface area (Å²) in [5, 5.41) is 15.2. The van der Waals surface area contributed by atoms with Gasteiger partial charge in [0.1, 0.15) is 19.0 Å². The number of alkyl carbamates (subject to hydrolysis) is 1. The van der Waals surface area contributed by atoms with Crippen molar-refractivity contribution in [3.8, 4) is 11.4 Å². The first-order valence-corrected chi connectivity index (χ1v) is 17.1. The number of carbonyl (C=O) groups is 2. The zero-order chi connectivity index (χ0) is 30.8. The molecule has 0 saturated heterocycles. The molecule has 0 radical (unpaired) electrons. The largest absolute Gasteiger partial charge is 0.458 e. The first-order valence-electron chi connectivity index (χ1n) is 14.4. The number of ether oxygens (including phenoxy) is 2. The molecule has 12 heteroatoms. The maximum absolute atomic E-state index is 15.1. The number of benzene rings is 1. The molecule has 0 bridgehead atoms. The lowest BCUT2D eigenvalue weighted by Gasteiger charge is -2.31. The van der Waals surface area contributed by atoms with Crippen molar-refractivity contribution in [2.75, 3.05) is 12.9 Å². The maximum atomic E-state index is 15.1. The van der Waals surface area contributed by atoms with Gasteiger partial charge < -0.3 is 24.5 Å². The minimum Gasteiger partial charge on any atom is -0.458 e. The Morgan fingerprint density at radius 1 is 1.30 bits per heavy atom. The number of hydrogen-bond acceptors (Lipinski definition) is 9. The first kappa shape index (κ1) is 30.0. The molecule has 1 aromatic carbocycles. The number of aromatic nitrogens is 2. The van der Waals surface area contributed by atoms with Crippen LogP contribution < -0.4 is 10.9 Å². The Morgan fingerprint density at radius 3 is 2.77 bits per heavy atom. The lowest BCUT2D eigenvalue weighted by atomic mass is 9.81. The van der Waals surface area contributed by atoms with Gasteiger partial charge in [-0.05, 0) is 61.1 Å². The van der Waals surface area contributed by atoms with Gasteiger partial charge in [0, 0.05) is 22.6 Å². The molecule has 9 nitrogen and oxygen atoms in total. The van der Waals surface area contributed by atoms with Crippen LogP contribution in [0.4, 0.5) is 9.18 Å². The summed E-state index contributed by atoms with van der Waals surface area (Å²) in [7, 11) is 3.31. The van der Waals surface area contributed by atoms with Crippen molar-refractivity contribution in [3.63, 3.8) is 0 Å². The van der Waals surface area contributed by atoms with E-state index in [1.165, 1.54) is 6.07 Å². The van der Waals surface area contributed by atoms with Crippen molar-refractivity contribution in [3.05, 3.63) is 61.7 Å². The van der Waals surface area contributed by atoms with Crippen LogP contribution in [0.15, 0.2) is 16.9 Å². The molecule has 0 fully saturated rings. The van der Waals surface area contributed by atoms with Crippen LogP contribution in [-0.4, -0.2) is 44.8 Å². The number of carbonyl (C=O) groups excluding carboxylic acids is 2. The molecule has 3 atom stereocenters. The molecule has 4 heterocycles. The summed E-state index contributed by atoms with van der Waals surface area (Å²) in [5.41, 5.74) is 2.33. The highest BCUT2D eigenvalue weighted by Crippen LogP contribution is 2.46. The van der Waals surface area contributed by atoms with Crippen LogP contribution in [0.2, 0.25) is 0 Å². The fraction of sp³-hybridized carbons (Fsp3) is 0.484. The highest BCUT2D eigenvalue weighted by molar-refractivity contribution is 8.76. The lowest BCUT2D eigenvalue weighted by molar-refractivity contribution is -0.172. The maximum Gasteiger partial charge on any atom is 0.407 e. The van der Waals surface area contributed by atoms with E-state index in [9.17, 15) is 19.5 Å². The second kappa shape index (κ2) is 11.1. The number of esters is 1. The quantitative estimate of drug-likeness (QED) is 0.208. The van der Waals surface area contributed by atoms with Crippen LogP contribution in [0, 0.1) is 18.7 Å². The predicted octanol–water partition coefficient (Wildman–Crippen LogP) is 5.28. The minimum absolute atomic E-state index is 0.0278. The van der Waals surface area contributed by atoms with Gasteiger partial charge in [0.2, 0.25) is 0 Å². The standard InChI is InChI=1S/C31H34FN3O6S2/c1-6-31(39)19-9-23-27-17(11-35(23)28(36)18(19)12-40-29(31)37)26-21(34-30(38)41-13-24(14(2)3)43-42-5)8-7-16-15(4)20(32)10-22(33-27)25(16)26/h9-10,14,21,24,39H,6-8,11-13H2,1-5H3,(H,34,38)/t21-,24-,31-/m0/s1. The normalized spacial score (nSPS) is 20.8. The molecule has 2 N–H and O–H groups in total. The summed E-state index contributed by atoms with van der Waals surface area (Å²) in [5.74, 6) is -0.852. The molecule has 3 aromatic rings. The third kappa shape index (κ3) is 4.73. The van der Waals surface area contributed by atoms with Crippen molar-refractivity contribution in [1.29, 1.82) is 0 Å². The zero-order valence-corrected chi connectivity index (χ0v) is 26.3. The molecule has 0 saturated carbocycles. The van der Waals surface area contributed by atoms with E-state index in [0.717, 1.165) is 22.1 Å². The Hall–Kier alpha value is -3.09. The van der Waals surface area contributed by atoms with Crippen molar-refractivity contribution >= 4 is 44.6 Å². The van der Waals surface area contributed by atoms with Gasteiger partial charge >= 0.3 is 12.1 Å². The van der Waals surface area contributed by atoms with Crippen molar-refractivity contribution < 1.29 is 28.6 Å². The summed E-state index contributed by atoms with van der Waals surface area (Å²) in [6.07, 6.45) is 2.54. The molecule has 0 unspecified atom stereocenters. The fourth-order valence-corrected chi connectivity index (χ4v) is 8.66. The Morgan fingerprint density at radius 2 is 2.07 bits per heavy atom. The molecule has 0 spiro atoms. The Balaban J connectivity index is 1.47. The average molecular weight is 628 g/mol. The molecular weight excluding hydrogens is 593 g/mol. The van der Waals surface area contributed by atoms with E-state index < -0.39 is 23.7 Å². The zero-order valence-electron chi connectivity index (χ0n) is 24.7. The first-order chi connectivity index (χ1) is 20.5. The van der Waals surface area contributed by atoms with E-state index in [0.29, 0.717) is 41.2 Å². The van der Waals surface area contributed by atoms with Gasteiger partial charge in [-0.2, -0.15) is 0 Å². The van der Waals surface area contributed by atoms with Gasteiger partial charge in [0.25, 0.3) is 5.56 Å². The predicted molar refractivity (Wildman–Crippen MR) is 164 cm³/mol. The number of nitrogens with zero attached hydrogens (tertiary/aromatic N) is 2. The van der Waals surface area contributed by atoms with Crippen molar-refractivity contribution in [1.82, 2.24) is 14.9 Å². The van der Waals surface area contributed by atoms with Crippen LogP contribution in [-0.2, 0) is 39.4 Å². The number of aryl methyl sites for hydroxylation is 1. The van der Waals surface area contributed by atoms with Crippen molar-refractivity contribution in [2.45, 2.75) is 77.0 Å². The number of amides is 1. The number of hydrogen-bond donors (Lipinski definition) is 2.